The SMILES string of the molecule is COc1cc(CO[C@H](c2ccccc2)[C@H](OC(=O)[C@@H](O)c2ccccc2)c2ccccc2)cc(OC)c1OC. The molecule has 39 heavy (non-hydrogen) atoms. The third-order valence-electron chi connectivity index (χ3n) is 6.27. The van der Waals surface area contributed by atoms with Crippen LogP contribution in [-0.2, 0) is 20.9 Å². The van der Waals surface area contributed by atoms with Crippen LogP contribution in [0.2, 0.25) is 0 Å². The maximum absolute atomic E-state index is 13.2. The average molecular weight is 529 g/mol. The van der Waals surface area contributed by atoms with Crippen molar-refractivity contribution in [3.8, 4) is 17.2 Å². The average Bonchev–Trinajstić information content (AvgIpc) is 3.00. The Balaban J connectivity index is 1.68. The highest BCUT2D eigenvalue weighted by Crippen LogP contribution is 2.40. The van der Waals surface area contributed by atoms with E-state index in [4.69, 9.17) is 23.7 Å². The van der Waals surface area contributed by atoms with E-state index in [-0.39, 0.29) is 6.61 Å². The van der Waals surface area contributed by atoms with Gasteiger partial charge in [-0.15, -0.1) is 0 Å². The van der Waals surface area contributed by atoms with Crippen molar-refractivity contribution < 1.29 is 33.6 Å². The maximum atomic E-state index is 13.2. The quantitative estimate of drug-likeness (QED) is 0.226. The van der Waals surface area contributed by atoms with Crippen LogP contribution in [0.15, 0.2) is 103 Å². The topological polar surface area (TPSA) is 83.5 Å². The lowest BCUT2D eigenvalue weighted by Gasteiger charge is -2.29. The Labute approximate surface area is 228 Å². The first kappa shape index (κ1) is 27.7. The zero-order valence-electron chi connectivity index (χ0n) is 22.2. The predicted molar refractivity (Wildman–Crippen MR) is 147 cm³/mol. The fourth-order valence-electron chi connectivity index (χ4n) is 4.31. The van der Waals surface area contributed by atoms with Crippen molar-refractivity contribution in [2.75, 3.05) is 21.3 Å². The van der Waals surface area contributed by atoms with Gasteiger partial charge in [-0.1, -0.05) is 91.0 Å². The van der Waals surface area contributed by atoms with Gasteiger partial charge in [0.05, 0.1) is 27.9 Å². The fraction of sp³-hybridized carbons (Fsp3) is 0.219. The smallest absolute Gasteiger partial charge is 0.340 e. The van der Waals surface area contributed by atoms with Crippen LogP contribution in [0.3, 0.4) is 0 Å². The molecule has 0 unspecified atom stereocenters. The van der Waals surface area contributed by atoms with Crippen LogP contribution in [0.1, 0.15) is 40.6 Å². The molecule has 4 aromatic carbocycles. The summed E-state index contributed by atoms with van der Waals surface area (Å²) in [6.07, 6.45) is -2.98. The van der Waals surface area contributed by atoms with Crippen LogP contribution in [-0.4, -0.2) is 32.4 Å². The second kappa shape index (κ2) is 13.5. The number of esters is 1. The Morgan fingerprint density at radius 3 is 1.59 bits per heavy atom. The second-order valence-electron chi connectivity index (χ2n) is 8.76. The van der Waals surface area contributed by atoms with Gasteiger partial charge in [-0.25, -0.2) is 4.79 Å². The van der Waals surface area contributed by atoms with Crippen LogP contribution in [0.4, 0.5) is 0 Å². The number of aliphatic hydroxyl groups excluding tert-OH is 1. The number of carbonyl (C=O) groups is 1. The molecule has 1 N–H and O–H groups in total. The van der Waals surface area contributed by atoms with E-state index in [1.807, 2.05) is 78.9 Å². The normalized spacial score (nSPS) is 13.1. The van der Waals surface area contributed by atoms with Crippen LogP contribution in [0, 0.1) is 0 Å². The van der Waals surface area contributed by atoms with Crippen molar-refractivity contribution in [1.82, 2.24) is 0 Å². The molecule has 0 heterocycles. The molecule has 0 radical (unpaired) electrons. The molecule has 0 bridgehead atoms. The zero-order valence-corrected chi connectivity index (χ0v) is 22.2. The summed E-state index contributed by atoms with van der Waals surface area (Å²) in [5, 5.41) is 10.8. The molecular weight excluding hydrogens is 496 g/mol. The molecule has 0 aliphatic carbocycles. The van der Waals surface area contributed by atoms with Crippen molar-refractivity contribution in [2.45, 2.75) is 24.9 Å². The Morgan fingerprint density at radius 1 is 0.667 bits per heavy atom. The van der Waals surface area contributed by atoms with Crippen molar-refractivity contribution in [1.29, 1.82) is 0 Å². The standard InChI is InChI=1S/C32H32O7/c1-35-26-19-22(20-27(36-2)31(26)37-3)21-38-29(24-15-9-5-10-16-24)30(25-17-11-6-12-18-25)39-32(34)28(33)23-13-7-4-8-14-23/h4-20,28-30,33H,21H2,1-3H3/t28-,29+,30+/m0/s1. The van der Waals surface area contributed by atoms with Crippen LogP contribution >= 0.6 is 0 Å². The molecule has 0 saturated carbocycles. The van der Waals surface area contributed by atoms with Gasteiger partial charge in [-0.2, -0.15) is 0 Å². The van der Waals surface area contributed by atoms with Crippen LogP contribution in [0.5, 0.6) is 17.2 Å². The first-order valence-corrected chi connectivity index (χ1v) is 12.5. The number of benzene rings is 4. The summed E-state index contributed by atoms with van der Waals surface area (Å²) >= 11 is 0. The minimum absolute atomic E-state index is 0.151. The molecule has 7 nitrogen and oxygen atoms in total. The summed E-state index contributed by atoms with van der Waals surface area (Å²) in [7, 11) is 4.65. The summed E-state index contributed by atoms with van der Waals surface area (Å²) < 4.78 is 28.9. The molecule has 7 heteroatoms. The van der Waals surface area contributed by atoms with Crippen LogP contribution in [0.25, 0.3) is 0 Å². The molecule has 202 valence electrons. The van der Waals surface area contributed by atoms with E-state index in [2.05, 4.69) is 0 Å². The lowest BCUT2D eigenvalue weighted by atomic mass is 9.97. The Bertz CT molecular complexity index is 1300. The van der Waals surface area contributed by atoms with Crippen molar-refractivity contribution in [3.63, 3.8) is 0 Å². The first-order chi connectivity index (χ1) is 19.0. The highest BCUT2D eigenvalue weighted by Gasteiger charge is 2.32. The molecule has 0 aliphatic rings. The van der Waals surface area contributed by atoms with Gasteiger partial charge in [-0.3, -0.25) is 0 Å². The molecular formula is C32H32O7. The van der Waals surface area contributed by atoms with E-state index >= 15 is 0 Å². The summed E-state index contributed by atoms with van der Waals surface area (Å²) in [6, 6.07) is 31.2. The van der Waals surface area contributed by atoms with Gasteiger partial charge < -0.3 is 28.8 Å². The molecule has 0 saturated heterocycles. The van der Waals surface area contributed by atoms with Gasteiger partial charge in [0.1, 0.15) is 6.10 Å². The summed E-state index contributed by atoms with van der Waals surface area (Å²) in [5.74, 6) is 0.717. The number of hydrogen-bond acceptors (Lipinski definition) is 7. The van der Waals surface area contributed by atoms with Crippen molar-refractivity contribution in [2.24, 2.45) is 0 Å². The molecule has 3 atom stereocenters. The lowest BCUT2D eigenvalue weighted by molar-refractivity contribution is -0.170. The van der Waals surface area contributed by atoms with Crippen molar-refractivity contribution in [3.05, 3.63) is 125 Å². The van der Waals surface area contributed by atoms with Gasteiger partial charge in [0.15, 0.2) is 23.7 Å². The summed E-state index contributed by atoms with van der Waals surface area (Å²) in [6.45, 7) is 0.151. The van der Waals surface area contributed by atoms with Gasteiger partial charge in [0.2, 0.25) is 5.75 Å². The first-order valence-electron chi connectivity index (χ1n) is 12.5. The van der Waals surface area contributed by atoms with Gasteiger partial charge in [-0.05, 0) is 34.4 Å². The van der Waals surface area contributed by atoms with Crippen LogP contribution < -0.4 is 14.2 Å². The second-order valence-corrected chi connectivity index (χ2v) is 8.76. The number of rotatable bonds is 12. The lowest BCUT2D eigenvalue weighted by Crippen LogP contribution is -2.24. The number of ether oxygens (including phenoxy) is 5. The number of methoxy groups -OCH3 is 3. The predicted octanol–water partition coefficient (Wildman–Crippen LogP) is 5.99. The molecule has 0 fully saturated rings. The molecule has 0 amide bonds. The summed E-state index contributed by atoms with van der Waals surface area (Å²) in [4.78, 5) is 13.2. The zero-order chi connectivity index (χ0) is 27.6. The third kappa shape index (κ3) is 6.76. The minimum atomic E-state index is -1.44. The molecule has 4 rings (SSSR count). The number of hydrogen-bond donors (Lipinski definition) is 1. The third-order valence-corrected chi connectivity index (χ3v) is 6.27. The Morgan fingerprint density at radius 2 is 1.13 bits per heavy atom. The molecule has 0 spiro atoms. The van der Waals surface area contributed by atoms with Gasteiger partial charge >= 0.3 is 5.97 Å². The van der Waals surface area contributed by atoms with Gasteiger partial charge in [0.25, 0.3) is 0 Å². The Kier molecular flexibility index (Phi) is 9.56. The Hall–Kier alpha value is -4.33. The van der Waals surface area contributed by atoms with E-state index in [1.165, 1.54) is 0 Å². The number of aliphatic hydroxyl groups is 1. The fourth-order valence-corrected chi connectivity index (χ4v) is 4.31. The number of carbonyl (C=O) groups excluding carboxylic acids is 1. The highest BCUT2D eigenvalue weighted by atomic mass is 16.6. The molecule has 0 aromatic heterocycles. The largest absolute Gasteiger partial charge is 0.493 e. The molecule has 0 aliphatic heterocycles. The van der Waals surface area contributed by atoms with Gasteiger partial charge in [0, 0.05) is 0 Å². The summed E-state index contributed by atoms with van der Waals surface area (Å²) in [5.41, 5.74) is 2.75. The monoisotopic (exact) mass is 528 g/mol. The highest BCUT2D eigenvalue weighted by molar-refractivity contribution is 5.76. The molecule has 4 aromatic rings. The van der Waals surface area contributed by atoms with E-state index in [0.29, 0.717) is 22.8 Å². The van der Waals surface area contributed by atoms with E-state index in [1.54, 1.807) is 45.6 Å². The van der Waals surface area contributed by atoms with E-state index in [9.17, 15) is 9.90 Å². The minimum Gasteiger partial charge on any atom is -0.493 e. The van der Waals surface area contributed by atoms with E-state index < -0.39 is 24.3 Å². The maximum Gasteiger partial charge on any atom is 0.340 e. The van der Waals surface area contributed by atoms with E-state index in [0.717, 1.165) is 16.7 Å². The van der Waals surface area contributed by atoms with Crippen molar-refractivity contribution >= 4 is 5.97 Å².